The lowest BCUT2D eigenvalue weighted by Crippen LogP contribution is -2.36. The molecule has 0 unspecified atom stereocenters. The lowest BCUT2D eigenvalue weighted by atomic mass is 10.1. The molecule has 182 valence electrons. The molecule has 12 heteroatoms. The van der Waals surface area contributed by atoms with E-state index < -0.39 is 16.5 Å². The zero-order chi connectivity index (χ0) is 25.1. The minimum Gasteiger partial charge on any atom is -0.478 e. The number of carboxylic acids is 1. The molecule has 3 aromatic rings. The maximum atomic E-state index is 13.3. The summed E-state index contributed by atoms with van der Waals surface area (Å²) in [5, 5.41) is 28.7. The summed E-state index contributed by atoms with van der Waals surface area (Å²) in [6, 6.07) is 10.6. The molecular formula is C23H22BrN5O6. The fourth-order valence-corrected chi connectivity index (χ4v) is 4.32. The zero-order valence-corrected chi connectivity index (χ0v) is 20.3. The van der Waals surface area contributed by atoms with E-state index in [1.165, 1.54) is 24.3 Å². The summed E-state index contributed by atoms with van der Waals surface area (Å²) in [6.07, 6.45) is 0. The number of benzene rings is 2. The van der Waals surface area contributed by atoms with Gasteiger partial charge in [-0.3, -0.25) is 14.9 Å². The third kappa shape index (κ3) is 5.17. The zero-order valence-electron chi connectivity index (χ0n) is 18.7. The largest absolute Gasteiger partial charge is 0.478 e. The van der Waals surface area contributed by atoms with E-state index in [4.69, 9.17) is 4.74 Å². The second-order valence-electron chi connectivity index (χ2n) is 7.75. The molecule has 35 heavy (non-hydrogen) atoms. The molecule has 2 N–H and O–H groups in total. The third-order valence-corrected chi connectivity index (χ3v) is 5.94. The van der Waals surface area contributed by atoms with Gasteiger partial charge in [0, 0.05) is 41.4 Å². The number of nitrogens with zero attached hydrogens (tertiary/aromatic N) is 4. The van der Waals surface area contributed by atoms with Crippen LogP contribution in [0.2, 0.25) is 0 Å². The van der Waals surface area contributed by atoms with Crippen LogP contribution in [0, 0.1) is 10.1 Å². The average Bonchev–Trinajstić information content (AvgIpc) is 2.85. The van der Waals surface area contributed by atoms with E-state index in [1.807, 2.05) is 11.8 Å². The molecule has 0 saturated carbocycles. The molecule has 0 amide bonds. The van der Waals surface area contributed by atoms with Crippen LogP contribution in [0.1, 0.15) is 17.3 Å². The number of aromatic carboxylic acids is 1. The van der Waals surface area contributed by atoms with Crippen molar-refractivity contribution < 1.29 is 19.6 Å². The Balaban J connectivity index is 1.95. The highest BCUT2D eigenvalue weighted by Gasteiger charge is 2.23. The fraction of sp³-hybridized carbons (Fsp3) is 0.261. The predicted molar refractivity (Wildman–Crippen MR) is 134 cm³/mol. The first kappa shape index (κ1) is 24.4. The molecule has 2 aromatic carbocycles. The fourth-order valence-electron chi connectivity index (χ4n) is 3.83. The smallest absolute Gasteiger partial charge is 0.335 e. The monoisotopic (exact) mass is 543 g/mol. The number of nitro benzene ring substituents is 1. The maximum Gasteiger partial charge on any atom is 0.335 e. The van der Waals surface area contributed by atoms with Gasteiger partial charge in [0.25, 0.3) is 11.2 Å². The number of halogens is 1. The van der Waals surface area contributed by atoms with Crippen LogP contribution in [0.3, 0.4) is 0 Å². The van der Waals surface area contributed by atoms with Crippen molar-refractivity contribution in [1.82, 2.24) is 9.78 Å². The minimum atomic E-state index is -1.12. The summed E-state index contributed by atoms with van der Waals surface area (Å²) in [5.41, 5.74) is 0.779. The van der Waals surface area contributed by atoms with Crippen LogP contribution in [0.15, 0.2) is 51.7 Å². The number of morpholine rings is 1. The van der Waals surface area contributed by atoms with Crippen molar-refractivity contribution in [2.24, 2.45) is 0 Å². The van der Waals surface area contributed by atoms with Gasteiger partial charge in [-0.1, -0.05) is 15.9 Å². The Bertz CT molecular complexity index is 1350. The molecule has 1 aliphatic rings. The number of hydrogen-bond donors (Lipinski definition) is 2. The molecule has 4 rings (SSSR count). The van der Waals surface area contributed by atoms with E-state index in [2.05, 4.69) is 26.3 Å². The van der Waals surface area contributed by atoms with Crippen LogP contribution in [-0.4, -0.2) is 58.6 Å². The van der Waals surface area contributed by atoms with E-state index in [-0.39, 0.29) is 28.3 Å². The first-order chi connectivity index (χ1) is 16.8. The van der Waals surface area contributed by atoms with Crippen LogP contribution in [-0.2, 0) is 4.74 Å². The third-order valence-electron chi connectivity index (χ3n) is 5.48. The Morgan fingerprint density at radius 2 is 1.97 bits per heavy atom. The van der Waals surface area contributed by atoms with Gasteiger partial charge in [-0.05, 0) is 43.3 Å². The number of nitro groups is 1. The van der Waals surface area contributed by atoms with Gasteiger partial charge in [0.05, 0.1) is 29.4 Å². The molecule has 2 heterocycles. The highest BCUT2D eigenvalue weighted by molar-refractivity contribution is 9.10. The number of carboxylic acid groups (broad SMARTS) is 1. The van der Waals surface area contributed by atoms with Gasteiger partial charge in [-0.15, -0.1) is 0 Å². The molecule has 1 saturated heterocycles. The van der Waals surface area contributed by atoms with Crippen LogP contribution in [0.25, 0.3) is 16.9 Å². The molecule has 1 aliphatic heterocycles. The number of carbonyl (C=O) groups is 1. The van der Waals surface area contributed by atoms with Crippen LogP contribution < -0.4 is 15.8 Å². The van der Waals surface area contributed by atoms with Crippen molar-refractivity contribution in [3.05, 3.63) is 73.0 Å². The van der Waals surface area contributed by atoms with Crippen molar-refractivity contribution >= 4 is 39.0 Å². The number of aromatic nitrogens is 2. The molecule has 0 radical (unpaired) electrons. The molecule has 1 fully saturated rings. The van der Waals surface area contributed by atoms with Gasteiger partial charge >= 0.3 is 5.97 Å². The van der Waals surface area contributed by atoms with Crippen LogP contribution in [0.5, 0.6) is 0 Å². The standard InChI is InChI=1S/C23H22BrN5O6/c1-2-25-19-13-18(14-9-15(23(31)32)11-16(24)10-14)26-28(22(19)30)21-12-17(3-4-20(21)29(33)34)27-5-7-35-8-6-27/h3-4,9-13,25H,2,5-8H2,1H3,(H,31,32). The molecule has 0 bridgehead atoms. The van der Waals surface area contributed by atoms with Crippen LogP contribution in [0.4, 0.5) is 17.1 Å². The van der Waals surface area contributed by atoms with E-state index in [0.717, 1.165) is 4.68 Å². The molecule has 0 spiro atoms. The maximum absolute atomic E-state index is 13.3. The van der Waals surface area contributed by atoms with Gasteiger partial charge in [-0.25, -0.2) is 4.79 Å². The predicted octanol–water partition coefficient (Wildman–Crippen LogP) is 3.54. The summed E-state index contributed by atoms with van der Waals surface area (Å²) < 4.78 is 6.90. The Labute approximate surface area is 208 Å². The first-order valence-electron chi connectivity index (χ1n) is 10.8. The summed E-state index contributed by atoms with van der Waals surface area (Å²) in [4.78, 5) is 38.2. The van der Waals surface area contributed by atoms with Gasteiger partial charge in [-0.2, -0.15) is 9.78 Å². The number of anilines is 2. The first-order valence-corrected chi connectivity index (χ1v) is 11.6. The summed E-state index contributed by atoms with van der Waals surface area (Å²) in [6.45, 7) is 4.51. The summed E-state index contributed by atoms with van der Waals surface area (Å²) in [7, 11) is 0. The van der Waals surface area contributed by atoms with Gasteiger partial charge < -0.3 is 20.1 Å². The van der Waals surface area contributed by atoms with Crippen LogP contribution >= 0.6 is 15.9 Å². The Kier molecular flexibility index (Phi) is 7.12. The number of hydrogen-bond acceptors (Lipinski definition) is 8. The number of rotatable bonds is 7. The van der Waals surface area contributed by atoms with Crippen molar-refractivity contribution in [2.45, 2.75) is 6.92 Å². The van der Waals surface area contributed by atoms with Crippen molar-refractivity contribution in [2.75, 3.05) is 43.1 Å². The van der Waals surface area contributed by atoms with Crippen molar-refractivity contribution in [1.29, 1.82) is 0 Å². The van der Waals surface area contributed by atoms with Gasteiger partial charge in [0.1, 0.15) is 11.4 Å². The Hall–Kier alpha value is -3.77. The second-order valence-corrected chi connectivity index (χ2v) is 8.67. The molecule has 0 aliphatic carbocycles. The van der Waals surface area contributed by atoms with E-state index in [1.54, 1.807) is 18.2 Å². The topological polar surface area (TPSA) is 140 Å². The lowest BCUT2D eigenvalue weighted by molar-refractivity contribution is -0.384. The quantitative estimate of drug-likeness (QED) is 0.338. The normalized spacial score (nSPS) is 13.5. The van der Waals surface area contributed by atoms with Crippen molar-refractivity contribution in [3.8, 4) is 16.9 Å². The Morgan fingerprint density at radius 3 is 2.63 bits per heavy atom. The molecule has 11 nitrogen and oxygen atoms in total. The summed E-state index contributed by atoms with van der Waals surface area (Å²) >= 11 is 3.31. The average molecular weight is 544 g/mol. The highest BCUT2D eigenvalue weighted by atomic mass is 79.9. The van der Waals surface area contributed by atoms with E-state index in [9.17, 15) is 24.8 Å². The van der Waals surface area contributed by atoms with Gasteiger partial charge in [0.2, 0.25) is 0 Å². The lowest BCUT2D eigenvalue weighted by Gasteiger charge is -2.29. The van der Waals surface area contributed by atoms with Gasteiger partial charge in [0.15, 0.2) is 0 Å². The molecule has 0 atom stereocenters. The second kappa shape index (κ2) is 10.2. The molecular weight excluding hydrogens is 522 g/mol. The summed E-state index contributed by atoms with van der Waals surface area (Å²) in [5.74, 6) is -1.12. The SMILES string of the molecule is CCNc1cc(-c2cc(Br)cc(C(=O)O)c2)nn(-c2cc(N3CCOCC3)ccc2[N+](=O)[O-])c1=O. The van der Waals surface area contributed by atoms with Crippen molar-refractivity contribution in [3.63, 3.8) is 0 Å². The van der Waals surface area contributed by atoms with E-state index >= 15 is 0 Å². The van der Waals surface area contributed by atoms with E-state index in [0.29, 0.717) is 48.6 Å². The number of nitrogens with one attached hydrogen (secondary N) is 1. The number of ether oxygens (including phenoxy) is 1. The highest BCUT2D eigenvalue weighted by Crippen LogP contribution is 2.30. The molecule has 1 aromatic heterocycles. The Morgan fingerprint density at radius 1 is 1.23 bits per heavy atom. The minimum absolute atomic E-state index is 0.0125.